The van der Waals surface area contributed by atoms with Crippen molar-refractivity contribution in [3.63, 3.8) is 0 Å². The van der Waals surface area contributed by atoms with Gasteiger partial charge in [-0.15, -0.1) is 0 Å². The molecule has 0 aromatic heterocycles. The van der Waals surface area contributed by atoms with Gasteiger partial charge in [0.2, 0.25) is 0 Å². The van der Waals surface area contributed by atoms with Gasteiger partial charge in [-0.3, -0.25) is 10.1 Å². The molecule has 2 aromatic carbocycles. The molecule has 0 radical (unpaired) electrons. The maximum atomic E-state index is 13.2. The number of carbonyl (C=O) groups is 1. The van der Waals surface area contributed by atoms with Crippen LogP contribution in [0.1, 0.15) is 30.1 Å². The Kier molecular flexibility index (Phi) is 7.16. The number of hydrogen-bond acceptors (Lipinski definition) is 3. The van der Waals surface area contributed by atoms with Gasteiger partial charge < -0.3 is 10.1 Å². The third-order valence-corrected chi connectivity index (χ3v) is 3.79. The van der Waals surface area contributed by atoms with Crippen LogP contribution in [0.15, 0.2) is 42.5 Å². The third kappa shape index (κ3) is 5.69. The number of unbranched alkanes of at least 4 members (excludes halogenated alkanes) is 1. The van der Waals surface area contributed by atoms with Gasteiger partial charge in [0.1, 0.15) is 11.6 Å². The molecule has 1 amide bonds. The van der Waals surface area contributed by atoms with Gasteiger partial charge in [0.15, 0.2) is 5.11 Å². The van der Waals surface area contributed by atoms with Crippen LogP contribution >= 0.6 is 23.8 Å². The van der Waals surface area contributed by atoms with Crippen LogP contribution in [0.3, 0.4) is 0 Å². The van der Waals surface area contributed by atoms with E-state index in [9.17, 15) is 9.18 Å². The van der Waals surface area contributed by atoms with E-state index >= 15 is 0 Å². The second kappa shape index (κ2) is 9.34. The molecular weight excluding hydrogens is 363 g/mol. The number of rotatable bonds is 6. The quantitative estimate of drug-likeness (QED) is 0.559. The van der Waals surface area contributed by atoms with Crippen molar-refractivity contribution in [1.29, 1.82) is 0 Å². The number of halogens is 2. The molecule has 2 N–H and O–H groups in total. The highest BCUT2D eigenvalue weighted by Crippen LogP contribution is 2.20. The van der Waals surface area contributed by atoms with E-state index in [0.717, 1.165) is 12.8 Å². The first-order valence-electron chi connectivity index (χ1n) is 7.80. The van der Waals surface area contributed by atoms with Crippen LogP contribution in [-0.2, 0) is 0 Å². The Morgan fingerprint density at radius 3 is 2.76 bits per heavy atom. The summed E-state index contributed by atoms with van der Waals surface area (Å²) in [6.45, 7) is 2.60. The van der Waals surface area contributed by atoms with Crippen molar-refractivity contribution < 1.29 is 13.9 Å². The molecule has 0 bridgehead atoms. The lowest BCUT2D eigenvalue weighted by Gasteiger charge is -2.13. The average molecular weight is 381 g/mol. The van der Waals surface area contributed by atoms with Crippen molar-refractivity contribution in [3.05, 3.63) is 58.9 Å². The summed E-state index contributed by atoms with van der Waals surface area (Å²) >= 11 is 10.8. The van der Waals surface area contributed by atoms with Gasteiger partial charge in [-0.25, -0.2) is 4.39 Å². The molecule has 0 heterocycles. The summed E-state index contributed by atoms with van der Waals surface area (Å²) in [5.74, 6) is -0.417. The minimum atomic E-state index is -0.527. The fraction of sp³-hybridized carbons (Fsp3) is 0.222. The van der Waals surface area contributed by atoms with Gasteiger partial charge in [0.25, 0.3) is 5.91 Å². The molecule has 0 atom stereocenters. The van der Waals surface area contributed by atoms with E-state index in [4.69, 9.17) is 28.6 Å². The molecule has 4 nitrogen and oxygen atoms in total. The van der Waals surface area contributed by atoms with E-state index in [0.29, 0.717) is 23.6 Å². The van der Waals surface area contributed by atoms with E-state index in [2.05, 4.69) is 17.6 Å². The zero-order valence-corrected chi connectivity index (χ0v) is 15.2. The lowest BCUT2D eigenvalue weighted by atomic mass is 10.2. The van der Waals surface area contributed by atoms with Crippen LogP contribution in [-0.4, -0.2) is 17.6 Å². The van der Waals surface area contributed by atoms with Crippen LogP contribution in [0, 0.1) is 5.82 Å². The molecule has 0 saturated heterocycles. The maximum absolute atomic E-state index is 13.2. The molecule has 0 spiro atoms. The maximum Gasteiger partial charge on any atom is 0.261 e. The minimum absolute atomic E-state index is 0.0335. The highest BCUT2D eigenvalue weighted by molar-refractivity contribution is 7.80. The molecule has 25 heavy (non-hydrogen) atoms. The number of nitrogens with one attached hydrogen (secondary N) is 2. The van der Waals surface area contributed by atoms with Crippen molar-refractivity contribution in [2.24, 2.45) is 0 Å². The van der Waals surface area contributed by atoms with Gasteiger partial charge in [-0.1, -0.05) is 37.1 Å². The first-order valence-corrected chi connectivity index (χ1v) is 8.59. The molecule has 2 rings (SSSR count). The van der Waals surface area contributed by atoms with Crippen molar-refractivity contribution in [2.75, 3.05) is 11.9 Å². The molecule has 0 fully saturated rings. The molecule has 0 aliphatic heterocycles. The molecule has 2 aromatic rings. The van der Waals surface area contributed by atoms with Crippen molar-refractivity contribution in [1.82, 2.24) is 5.32 Å². The molecule has 7 heteroatoms. The Labute approximate surface area is 156 Å². The molecule has 0 saturated carbocycles. The minimum Gasteiger partial charge on any atom is -0.493 e. The number of thiocarbonyl (C=S) groups is 1. The number of carbonyl (C=O) groups excluding carboxylic acids is 1. The van der Waals surface area contributed by atoms with Gasteiger partial charge in [-0.05, 0) is 49.0 Å². The van der Waals surface area contributed by atoms with Crippen molar-refractivity contribution in [3.8, 4) is 5.75 Å². The second-order valence-electron chi connectivity index (χ2n) is 5.24. The summed E-state index contributed by atoms with van der Waals surface area (Å²) in [6, 6.07) is 11.0. The van der Waals surface area contributed by atoms with Crippen molar-refractivity contribution >= 4 is 40.5 Å². The number of anilines is 1. The highest BCUT2D eigenvalue weighted by Gasteiger charge is 2.13. The zero-order chi connectivity index (χ0) is 18.2. The molecule has 0 aliphatic carbocycles. The highest BCUT2D eigenvalue weighted by atomic mass is 35.5. The Morgan fingerprint density at radius 2 is 2.04 bits per heavy atom. The van der Waals surface area contributed by atoms with Crippen LogP contribution < -0.4 is 15.4 Å². The molecule has 0 aliphatic rings. The normalized spacial score (nSPS) is 10.2. The fourth-order valence-corrected chi connectivity index (χ4v) is 2.40. The van der Waals surface area contributed by atoms with Gasteiger partial charge >= 0.3 is 0 Å². The molecule has 0 unspecified atom stereocenters. The van der Waals surface area contributed by atoms with Crippen LogP contribution in [0.5, 0.6) is 5.75 Å². The zero-order valence-electron chi connectivity index (χ0n) is 13.6. The number of ether oxygens (including phenoxy) is 1. The fourth-order valence-electron chi connectivity index (χ4n) is 2.01. The van der Waals surface area contributed by atoms with E-state index < -0.39 is 11.7 Å². The first kappa shape index (κ1) is 19.1. The largest absolute Gasteiger partial charge is 0.493 e. The Morgan fingerprint density at radius 1 is 1.28 bits per heavy atom. The number of hydrogen-bond donors (Lipinski definition) is 2. The van der Waals surface area contributed by atoms with Gasteiger partial charge in [0.05, 0.1) is 17.2 Å². The summed E-state index contributed by atoms with van der Waals surface area (Å²) in [5.41, 5.74) is 0.865. The van der Waals surface area contributed by atoms with E-state index in [-0.39, 0.29) is 10.1 Å². The lowest BCUT2D eigenvalue weighted by molar-refractivity contribution is 0.0973. The lowest BCUT2D eigenvalue weighted by Crippen LogP contribution is -2.34. The Balaban J connectivity index is 2.01. The summed E-state index contributed by atoms with van der Waals surface area (Å²) in [6.07, 6.45) is 1.91. The summed E-state index contributed by atoms with van der Waals surface area (Å²) < 4.78 is 18.8. The van der Waals surface area contributed by atoms with E-state index in [1.165, 1.54) is 18.2 Å². The Hall–Kier alpha value is -2.18. The first-order chi connectivity index (χ1) is 12.0. The SMILES string of the molecule is CCCCOc1ccccc1C(=O)NC(=S)Nc1ccc(F)c(Cl)c1. The standard InChI is InChI=1S/C18H18ClFN2O2S/c1-2-3-10-24-16-7-5-4-6-13(16)17(23)22-18(25)21-12-8-9-15(20)14(19)11-12/h4-9,11H,2-3,10H2,1H3,(H2,21,22,23,25). The van der Waals surface area contributed by atoms with E-state index in [1.54, 1.807) is 24.3 Å². The van der Waals surface area contributed by atoms with Gasteiger partial charge in [-0.2, -0.15) is 0 Å². The second-order valence-corrected chi connectivity index (χ2v) is 6.05. The number of amides is 1. The van der Waals surface area contributed by atoms with Crippen LogP contribution in [0.25, 0.3) is 0 Å². The van der Waals surface area contributed by atoms with Crippen LogP contribution in [0.2, 0.25) is 5.02 Å². The smallest absolute Gasteiger partial charge is 0.261 e. The summed E-state index contributed by atoms with van der Waals surface area (Å²) in [7, 11) is 0. The number of para-hydroxylation sites is 1. The van der Waals surface area contributed by atoms with Gasteiger partial charge in [0, 0.05) is 5.69 Å². The predicted molar refractivity (Wildman–Crippen MR) is 102 cm³/mol. The van der Waals surface area contributed by atoms with Crippen LogP contribution in [0.4, 0.5) is 10.1 Å². The third-order valence-electron chi connectivity index (χ3n) is 3.29. The predicted octanol–water partition coefficient (Wildman–Crippen LogP) is 4.78. The van der Waals surface area contributed by atoms with E-state index in [1.807, 2.05) is 0 Å². The molecular formula is C18H18ClFN2O2S. The topological polar surface area (TPSA) is 50.4 Å². The summed E-state index contributed by atoms with van der Waals surface area (Å²) in [5, 5.41) is 5.41. The summed E-state index contributed by atoms with van der Waals surface area (Å²) in [4.78, 5) is 12.4. The average Bonchev–Trinajstić information content (AvgIpc) is 2.58. The van der Waals surface area contributed by atoms with Crippen molar-refractivity contribution in [2.45, 2.75) is 19.8 Å². The Bertz CT molecular complexity index is 770. The monoisotopic (exact) mass is 380 g/mol. The molecule has 132 valence electrons. The number of benzene rings is 2.